The summed E-state index contributed by atoms with van der Waals surface area (Å²) in [4.78, 5) is 2.34. The van der Waals surface area contributed by atoms with Crippen LogP contribution in [0, 0.1) is 6.92 Å². The van der Waals surface area contributed by atoms with Crippen LogP contribution in [0.5, 0.6) is 0 Å². The van der Waals surface area contributed by atoms with Crippen molar-refractivity contribution in [2.45, 2.75) is 38.8 Å². The topological polar surface area (TPSA) is 15.3 Å². The van der Waals surface area contributed by atoms with E-state index in [4.69, 9.17) is 0 Å². The number of aryl methyl sites for hydroxylation is 1. The van der Waals surface area contributed by atoms with Gasteiger partial charge < -0.3 is 5.32 Å². The average Bonchev–Trinajstić information content (AvgIpc) is 2.40. The Morgan fingerprint density at radius 2 is 2.05 bits per heavy atom. The Bertz CT molecular complexity index is 378. The number of halogens is 2. The summed E-state index contributed by atoms with van der Waals surface area (Å²) in [6, 6.07) is 8.72. The molecule has 1 aliphatic rings. The van der Waals surface area contributed by atoms with Gasteiger partial charge in [0.25, 0.3) is 6.43 Å². The van der Waals surface area contributed by atoms with Gasteiger partial charge in [0.2, 0.25) is 0 Å². The van der Waals surface area contributed by atoms with Gasteiger partial charge in [-0.1, -0.05) is 29.8 Å². The van der Waals surface area contributed by atoms with E-state index in [2.05, 4.69) is 41.4 Å². The molecule has 1 aromatic carbocycles. The Morgan fingerprint density at radius 3 is 2.74 bits per heavy atom. The minimum Gasteiger partial charge on any atom is -0.307 e. The maximum atomic E-state index is 12.2. The smallest absolute Gasteiger partial charge is 0.250 e. The Balaban J connectivity index is 1.82. The molecule has 2 nitrogen and oxygen atoms in total. The number of rotatable bonds is 5. The molecule has 1 unspecified atom stereocenters. The molecular weight excluding hydrogens is 246 g/mol. The van der Waals surface area contributed by atoms with Crippen molar-refractivity contribution in [3.8, 4) is 0 Å². The minimum absolute atomic E-state index is 0.191. The number of nitrogens with one attached hydrogen (secondary N) is 1. The quantitative estimate of drug-likeness (QED) is 0.883. The van der Waals surface area contributed by atoms with Crippen LogP contribution in [0.1, 0.15) is 24.0 Å². The van der Waals surface area contributed by atoms with Gasteiger partial charge in [0.15, 0.2) is 0 Å². The summed E-state index contributed by atoms with van der Waals surface area (Å²) in [5.41, 5.74) is 2.55. The molecule has 0 bridgehead atoms. The fourth-order valence-electron chi connectivity index (χ4n) is 2.57. The second kappa shape index (κ2) is 6.96. The van der Waals surface area contributed by atoms with Gasteiger partial charge in [0.1, 0.15) is 0 Å². The summed E-state index contributed by atoms with van der Waals surface area (Å²) in [5.74, 6) is 0. The van der Waals surface area contributed by atoms with Crippen molar-refractivity contribution in [1.29, 1.82) is 0 Å². The van der Waals surface area contributed by atoms with Gasteiger partial charge in [-0.2, -0.15) is 0 Å². The number of piperidine rings is 1. The third kappa shape index (κ3) is 4.88. The van der Waals surface area contributed by atoms with Crippen LogP contribution in [0.3, 0.4) is 0 Å². The van der Waals surface area contributed by atoms with E-state index in [9.17, 15) is 8.78 Å². The zero-order valence-corrected chi connectivity index (χ0v) is 11.4. The maximum absolute atomic E-state index is 12.2. The van der Waals surface area contributed by atoms with Crippen molar-refractivity contribution in [1.82, 2.24) is 10.2 Å². The summed E-state index contributed by atoms with van der Waals surface area (Å²) in [5, 5.41) is 2.95. The first-order chi connectivity index (χ1) is 9.13. The largest absolute Gasteiger partial charge is 0.307 e. The minimum atomic E-state index is -2.26. The number of hydrogen-bond acceptors (Lipinski definition) is 2. The Kier molecular flexibility index (Phi) is 5.28. The molecule has 0 radical (unpaired) electrons. The van der Waals surface area contributed by atoms with Crippen molar-refractivity contribution < 1.29 is 8.78 Å². The highest BCUT2D eigenvalue weighted by molar-refractivity contribution is 5.21. The predicted octanol–water partition coefficient (Wildman–Crippen LogP) is 2.81. The highest BCUT2D eigenvalue weighted by atomic mass is 19.3. The molecule has 1 aromatic rings. The van der Waals surface area contributed by atoms with E-state index in [1.54, 1.807) is 0 Å². The van der Waals surface area contributed by atoms with Crippen LogP contribution >= 0.6 is 0 Å². The lowest BCUT2D eigenvalue weighted by Crippen LogP contribution is -2.46. The molecule has 1 aliphatic heterocycles. The highest BCUT2D eigenvalue weighted by Crippen LogP contribution is 2.14. The van der Waals surface area contributed by atoms with Crippen LogP contribution in [0.25, 0.3) is 0 Å². The first-order valence-corrected chi connectivity index (χ1v) is 6.93. The summed E-state index contributed by atoms with van der Waals surface area (Å²) < 4.78 is 24.4. The van der Waals surface area contributed by atoms with E-state index in [0.717, 1.165) is 32.5 Å². The van der Waals surface area contributed by atoms with Crippen molar-refractivity contribution in [2.75, 3.05) is 19.6 Å². The van der Waals surface area contributed by atoms with Crippen molar-refractivity contribution in [3.63, 3.8) is 0 Å². The van der Waals surface area contributed by atoms with E-state index in [1.165, 1.54) is 11.1 Å². The molecule has 0 aromatic heterocycles. The molecule has 1 fully saturated rings. The SMILES string of the molecule is Cc1ccc(CN2CCCC(NCC(F)F)C2)cc1. The van der Waals surface area contributed by atoms with Gasteiger partial charge in [-0.25, -0.2) is 8.78 Å². The molecule has 0 saturated carbocycles. The number of alkyl halides is 2. The molecule has 1 atom stereocenters. The van der Waals surface area contributed by atoms with Gasteiger partial charge in [-0.3, -0.25) is 4.90 Å². The molecule has 19 heavy (non-hydrogen) atoms. The predicted molar refractivity (Wildman–Crippen MR) is 73.5 cm³/mol. The third-order valence-electron chi connectivity index (χ3n) is 3.59. The van der Waals surface area contributed by atoms with Crippen LogP contribution < -0.4 is 5.32 Å². The van der Waals surface area contributed by atoms with E-state index >= 15 is 0 Å². The summed E-state index contributed by atoms with van der Waals surface area (Å²) in [6.45, 7) is 4.71. The zero-order valence-electron chi connectivity index (χ0n) is 11.4. The second-order valence-corrected chi connectivity index (χ2v) is 5.36. The number of likely N-dealkylation sites (tertiary alicyclic amines) is 1. The van der Waals surface area contributed by atoms with Crippen LogP contribution in [-0.4, -0.2) is 37.0 Å². The van der Waals surface area contributed by atoms with Gasteiger partial charge >= 0.3 is 0 Å². The number of nitrogens with zero attached hydrogens (tertiary/aromatic N) is 1. The van der Waals surface area contributed by atoms with Crippen LogP contribution in [0.4, 0.5) is 8.78 Å². The molecule has 0 amide bonds. The first kappa shape index (κ1) is 14.4. The van der Waals surface area contributed by atoms with Crippen LogP contribution in [-0.2, 0) is 6.54 Å². The molecule has 1 N–H and O–H groups in total. The molecule has 106 valence electrons. The molecule has 0 aliphatic carbocycles. The van der Waals surface area contributed by atoms with Gasteiger partial charge in [-0.05, 0) is 31.9 Å². The van der Waals surface area contributed by atoms with E-state index in [-0.39, 0.29) is 12.6 Å². The molecule has 2 rings (SSSR count). The van der Waals surface area contributed by atoms with Crippen LogP contribution in [0.2, 0.25) is 0 Å². The lowest BCUT2D eigenvalue weighted by Gasteiger charge is -2.33. The monoisotopic (exact) mass is 268 g/mol. The molecule has 1 heterocycles. The van der Waals surface area contributed by atoms with Crippen molar-refractivity contribution in [3.05, 3.63) is 35.4 Å². The third-order valence-corrected chi connectivity index (χ3v) is 3.59. The molecule has 1 saturated heterocycles. The van der Waals surface area contributed by atoms with E-state index < -0.39 is 6.43 Å². The maximum Gasteiger partial charge on any atom is 0.250 e. The van der Waals surface area contributed by atoms with Crippen molar-refractivity contribution in [2.24, 2.45) is 0 Å². The second-order valence-electron chi connectivity index (χ2n) is 5.36. The number of hydrogen-bond donors (Lipinski definition) is 1. The first-order valence-electron chi connectivity index (χ1n) is 6.93. The highest BCUT2D eigenvalue weighted by Gasteiger charge is 2.20. The standard InChI is InChI=1S/C15H22F2N2/c1-12-4-6-13(7-5-12)10-19-8-2-3-14(11-19)18-9-15(16)17/h4-7,14-15,18H,2-3,8-11H2,1H3. The lowest BCUT2D eigenvalue weighted by molar-refractivity contribution is 0.124. The fraction of sp³-hybridized carbons (Fsp3) is 0.600. The summed E-state index contributed by atoms with van der Waals surface area (Å²) in [7, 11) is 0. The number of benzene rings is 1. The summed E-state index contributed by atoms with van der Waals surface area (Å²) in [6.07, 6.45) is -0.184. The van der Waals surface area contributed by atoms with Gasteiger partial charge in [0, 0.05) is 19.1 Å². The lowest BCUT2D eigenvalue weighted by atomic mass is 10.0. The molecular formula is C15H22F2N2. The zero-order chi connectivity index (χ0) is 13.7. The van der Waals surface area contributed by atoms with Gasteiger partial charge in [0.05, 0.1) is 6.54 Å². The van der Waals surface area contributed by atoms with Gasteiger partial charge in [-0.15, -0.1) is 0 Å². The van der Waals surface area contributed by atoms with Crippen LogP contribution in [0.15, 0.2) is 24.3 Å². The summed E-state index contributed by atoms with van der Waals surface area (Å²) >= 11 is 0. The average molecular weight is 268 g/mol. The Labute approximate surface area is 113 Å². The van der Waals surface area contributed by atoms with E-state index in [0.29, 0.717) is 0 Å². The molecule has 0 spiro atoms. The van der Waals surface area contributed by atoms with E-state index in [1.807, 2.05) is 0 Å². The Hall–Kier alpha value is -1.00. The Morgan fingerprint density at radius 1 is 1.32 bits per heavy atom. The van der Waals surface area contributed by atoms with Crippen molar-refractivity contribution >= 4 is 0 Å². The molecule has 4 heteroatoms. The fourth-order valence-corrected chi connectivity index (χ4v) is 2.57. The normalized spacial score (nSPS) is 20.9.